The summed E-state index contributed by atoms with van der Waals surface area (Å²) in [6.45, 7) is 2.25. The van der Waals surface area contributed by atoms with Crippen molar-refractivity contribution in [3.63, 3.8) is 0 Å². The van der Waals surface area contributed by atoms with E-state index in [0.717, 1.165) is 19.3 Å². The van der Waals surface area contributed by atoms with Crippen LogP contribution in [0.25, 0.3) is 0 Å². The van der Waals surface area contributed by atoms with Crippen molar-refractivity contribution in [2.24, 2.45) is 5.92 Å². The molecule has 2 atom stereocenters. The van der Waals surface area contributed by atoms with Crippen LogP contribution in [0, 0.1) is 12.8 Å². The summed E-state index contributed by atoms with van der Waals surface area (Å²) in [6, 6.07) is 1.60. The fraction of sp³-hybridized carbons (Fsp3) is 0.636. The van der Waals surface area contributed by atoms with E-state index in [-0.39, 0.29) is 17.9 Å². The summed E-state index contributed by atoms with van der Waals surface area (Å²) in [4.78, 5) is 11.6. The minimum Gasteiger partial charge on any atom is -0.393 e. The van der Waals surface area contributed by atoms with Crippen LogP contribution in [-0.4, -0.2) is 28.8 Å². The lowest BCUT2D eigenvalue weighted by atomic mass is 10.1. The number of carbonyl (C=O) groups excluding carboxylic acids is 1. The van der Waals surface area contributed by atoms with Gasteiger partial charge in [0.05, 0.1) is 6.10 Å². The number of nitrogens with zero attached hydrogens (tertiary/aromatic N) is 1. The highest BCUT2D eigenvalue weighted by Gasteiger charge is 2.25. The maximum atomic E-state index is 11.6. The number of carbonyl (C=O) groups is 1. The Bertz CT molecular complexity index is 375. The third-order valence-electron chi connectivity index (χ3n) is 3.00. The molecule has 0 bridgehead atoms. The van der Waals surface area contributed by atoms with Crippen LogP contribution in [0.3, 0.4) is 0 Å². The van der Waals surface area contributed by atoms with Crippen molar-refractivity contribution < 1.29 is 14.4 Å². The number of amides is 1. The standard InChI is InChI=1S/C11H16N2O3/c1-7-5-9(13-16-7)11(15)12-6-8-3-2-4-10(8)14/h5,8,10,14H,2-4,6H2,1H3,(H,12,15). The molecule has 1 amide bonds. The van der Waals surface area contributed by atoms with Gasteiger partial charge in [0, 0.05) is 18.5 Å². The first-order chi connectivity index (χ1) is 7.66. The molecular formula is C11H16N2O3. The van der Waals surface area contributed by atoms with E-state index in [1.807, 2.05) is 0 Å². The number of aromatic nitrogens is 1. The van der Waals surface area contributed by atoms with Crippen molar-refractivity contribution in [3.05, 3.63) is 17.5 Å². The molecule has 5 heteroatoms. The normalized spacial score (nSPS) is 24.6. The van der Waals surface area contributed by atoms with Crippen molar-refractivity contribution in [1.29, 1.82) is 0 Å². The number of rotatable bonds is 3. The summed E-state index contributed by atoms with van der Waals surface area (Å²) in [5, 5.41) is 16.0. The van der Waals surface area contributed by atoms with E-state index in [1.54, 1.807) is 13.0 Å². The molecule has 2 N–H and O–H groups in total. The number of aliphatic hydroxyl groups is 1. The van der Waals surface area contributed by atoms with Crippen molar-refractivity contribution in [2.45, 2.75) is 32.3 Å². The molecule has 0 saturated heterocycles. The third kappa shape index (κ3) is 2.41. The molecule has 0 spiro atoms. The first-order valence-electron chi connectivity index (χ1n) is 5.56. The Morgan fingerprint density at radius 2 is 2.50 bits per heavy atom. The summed E-state index contributed by atoms with van der Waals surface area (Å²) in [5.41, 5.74) is 0.296. The molecule has 1 heterocycles. The molecular weight excluding hydrogens is 208 g/mol. The van der Waals surface area contributed by atoms with Gasteiger partial charge < -0.3 is 14.9 Å². The van der Waals surface area contributed by atoms with E-state index in [1.165, 1.54) is 0 Å². The second kappa shape index (κ2) is 4.65. The first-order valence-corrected chi connectivity index (χ1v) is 5.56. The van der Waals surface area contributed by atoms with Crippen molar-refractivity contribution in [2.75, 3.05) is 6.54 Å². The molecule has 1 aromatic heterocycles. The van der Waals surface area contributed by atoms with Gasteiger partial charge in [-0.15, -0.1) is 0 Å². The zero-order valence-corrected chi connectivity index (χ0v) is 9.27. The summed E-state index contributed by atoms with van der Waals surface area (Å²) in [5.74, 6) is 0.555. The fourth-order valence-corrected chi connectivity index (χ4v) is 2.04. The monoisotopic (exact) mass is 224 g/mol. The minimum absolute atomic E-state index is 0.178. The summed E-state index contributed by atoms with van der Waals surface area (Å²) in [7, 11) is 0. The molecule has 16 heavy (non-hydrogen) atoms. The lowest BCUT2D eigenvalue weighted by molar-refractivity contribution is 0.0908. The van der Waals surface area contributed by atoms with Crippen LogP contribution < -0.4 is 5.32 Å². The van der Waals surface area contributed by atoms with Gasteiger partial charge in [-0.25, -0.2) is 0 Å². The molecule has 1 aromatic rings. The Balaban J connectivity index is 1.84. The first kappa shape index (κ1) is 11.1. The Labute approximate surface area is 93.8 Å². The van der Waals surface area contributed by atoms with Gasteiger partial charge in [-0.3, -0.25) is 4.79 Å². The topological polar surface area (TPSA) is 75.4 Å². The predicted molar refractivity (Wildman–Crippen MR) is 56.9 cm³/mol. The molecule has 88 valence electrons. The summed E-state index contributed by atoms with van der Waals surface area (Å²) >= 11 is 0. The van der Waals surface area contributed by atoms with Crippen LogP contribution in [0.4, 0.5) is 0 Å². The summed E-state index contributed by atoms with van der Waals surface area (Å²) < 4.78 is 4.82. The zero-order valence-electron chi connectivity index (χ0n) is 9.27. The number of aryl methyl sites for hydroxylation is 1. The van der Waals surface area contributed by atoms with Gasteiger partial charge in [0.2, 0.25) is 0 Å². The predicted octanol–water partition coefficient (Wildman–Crippen LogP) is 0.874. The van der Waals surface area contributed by atoms with Gasteiger partial charge in [0.1, 0.15) is 5.76 Å². The average molecular weight is 224 g/mol. The number of hydrogen-bond acceptors (Lipinski definition) is 4. The van der Waals surface area contributed by atoms with Crippen molar-refractivity contribution in [1.82, 2.24) is 10.5 Å². The largest absolute Gasteiger partial charge is 0.393 e. The van der Waals surface area contributed by atoms with Gasteiger partial charge >= 0.3 is 0 Å². The smallest absolute Gasteiger partial charge is 0.273 e. The van der Waals surface area contributed by atoms with Gasteiger partial charge in [0.15, 0.2) is 5.69 Å². The highest BCUT2D eigenvalue weighted by Crippen LogP contribution is 2.24. The number of nitrogens with one attached hydrogen (secondary N) is 1. The Hall–Kier alpha value is -1.36. The molecule has 2 rings (SSSR count). The van der Waals surface area contributed by atoms with E-state index in [9.17, 15) is 9.90 Å². The fourth-order valence-electron chi connectivity index (χ4n) is 2.04. The maximum Gasteiger partial charge on any atom is 0.273 e. The number of hydrogen-bond donors (Lipinski definition) is 2. The van der Waals surface area contributed by atoms with Crippen LogP contribution in [0.2, 0.25) is 0 Å². The van der Waals surface area contributed by atoms with Crippen molar-refractivity contribution >= 4 is 5.91 Å². The van der Waals surface area contributed by atoms with Crippen LogP contribution in [0.5, 0.6) is 0 Å². The van der Waals surface area contributed by atoms with Crippen LogP contribution in [-0.2, 0) is 0 Å². The molecule has 1 saturated carbocycles. The van der Waals surface area contributed by atoms with Crippen LogP contribution in [0.15, 0.2) is 10.6 Å². The molecule has 1 fully saturated rings. The molecule has 0 radical (unpaired) electrons. The van der Waals surface area contributed by atoms with Crippen molar-refractivity contribution in [3.8, 4) is 0 Å². The van der Waals surface area contributed by atoms with Gasteiger partial charge in [-0.05, 0) is 19.8 Å². The van der Waals surface area contributed by atoms with E-state index < -0.39 is 0 Å². The Kier molecular flexibility index (Phi) is 3.24. The van der Waals surface area contributed by atoms with Gasteiger partial charge in [-0.2, -0.15) is 0 Å². The molecule has 0 aliphatic heterocycles. The van der Waals surface area contributed by atoms with Gasteiger partial charge in [-0.1, -0.05) is 11.6 Å². The zero-order chi connectivity index (χ0) is 11.5. The maximum absolute atomic E-state index is 11.6. The molecule has 0 aromatic carbocycles. The average Bonchev–Trinajstić information content (AvgIpc) is 2.84. The SMILES string of the molecule is Cc1cc(C(=O)NCC2CCCC2O)no1. The van der Waals surface area contributed by atoms with Crippen LogP contribution in [0.1, 0.15) is 35.5 Å². The second-order valence-corrected chi connectivity index (χ2v) is 4.29. The lowest BCUT2D eigenvalue weighted by Crippen LogP contribution is -2.32. The Morgan fingerprint density at radius 3 is 3.06 bits per heavy atom. The minimum atomic E-state index is -0.278. The molecule has 1 aliphatic carbocycles. The molecule has 1 aliphatic rings. The van der Waals surface area contributed by atoms with E-state index >= 15 is 0 Å². The summed E-state index contributed by atoms with van der Waals surface area (Å²) in [6.07, 6.45) is 2.56. The highest BCUT2D eigenvalue weighted by molar-refractivity contribution is 5.92. The molecule has 2 unspecified atom stereocenters. The lowest BCUT2D eigenvalue weighted by Gasteiger charge is -2.14. The van der Waals surface area contributed by atoms with E-state index in [0.29, 0.717) is 18.0 Å². The van der Waals surface area contributed by atoms with Crippen LogP contribution >= 0.6 is 0 Å². The highest BCUT2D eigenvalue weighted by atomic mass is 16.5. The third-order valence-corrected chi connectivity index (χ3v) is 3.00. The van der Waals surface area contributed by atoms with Gasteiger partial charge in [0.25, 0.3) is 5.91 Å². The Morgan fingerprint density at radius 1 is 1.69 bits per heavy atom. The van der Waals surface area contributed by atoms with E-state index in [4.69, 9.17) is 4.52 Å². The quantitative estimate of drug-likeness (QED) is 0.799. The molecule has 5 nitrogen and oxygen atoms in total. The number of aliphatic hydroxyl groups excluding tert-OH is 1. The second-order valence-electron chi connectivity index (χ2n) is 4.29. The van der Waals surface area contributed by atoms with E-state index in [2.05, 4.69) is 10.5 Å².